The zero-order chi connectivity index (χ0) is 19.0. The van der Waals surface area contributed by atoms with Gasteiger partial charge in [0.1, 0.15) is 17.6 Å². The van der Waals surface area contributed by atoms with Crippen LogP contribution in [0.1, 0.15) is 37.9 Å². The Morgan fingerprint density at radius 2 is 2.07 bits per heavy atom. The van der Waals surface area contributed by atoms with Crippen LogP contribution in [0.15, 0.2) is 40.8 Å². The van der Waals surface area contributed by atoms with Crippen LogP contribution < -0.4 is 0 Å². The first kappa shape index (κ1) is 17.7. The first-order valence-electron chi connectivity index (χ1n) is 9.35. The molecule has 2 fully saturated rings. The van der Waals surface area contributed by atoms with Gasteiger partial charge in [-0.05, 0) is 37.3 Å². The number of furan rings is 1. The van der Waals surface area contributed by atoms with E-state index >= 15 is 0 Å². The van der Waals surface area contributed by atoms with Crippen LogP contribution in [-0.2, 0) is 11.3 Å². The van der Waals surface area contributed by atoms with Crippen molar-refractivity contribution in [2.45, 2.75) is 50.7 Å². The van der Waals surface area contributed by atoms with Crippen LogP contribution >= 0.6 is 0 Å². The molecule has 1 N–H and O–H groups in total. The van der Waals surface area contributed by atoms with E-state index < -0.39 is 16.9 Å². The molecule has 1 aromatic heterocycles. The largest absolute Gasteiger partial charge is 0.480 e. The molecule has 2 aliphatic rings. The molecule has 3 atom stereocenters. The van der Waals surface area contributed by atoms with E-state index in [9.17, 15) is 20.0 Å². The second kappa shape index (κ2) is 7.15. The molecule has 0 amide bonds. The van der Waals surface area contributed by atoms with Gasteiger partial charge in [-0.25, -0.2) is 0 Å². The summed E-state index contributed by atoms with van der Waals surface area (Å²) in [4.78, 5) is 24.3. The first-order chi connectivity index (χ1) is 13.0. The lowest BCUT2D eigenvalue weighted by Gasteiger charge is -2.32. The lowest BCUT2D eigenvalue weighted by Crippen LogP contribution is -2.41. The average Bonchev–Trinajstić information content (AvgIpc) is 3.27. The topological polar surface area (TPSA) is 96.8 Å². The maximum Gasteiger partial charge on any atom is 0.320 e. The standard InChI is InChI=1S/C20H22N2O5/c23-20(24)18-11-13-4-1-2-7-17(13)21(18)12-16-8-9-19(27-16)14-5-3-6-15(10-14)22(25)26/h3,5-6,8-10,13,17-18H,1-2,4,7,11-12H2,(H,23,24). The third-order valence-electron chi connectivity index (χ3n) is 5.85. The van der Waals surface area contributed by atoms with Crippen molar-refractivity contribution in [3.05, 3.63) is 52.3 Å². The minimum absolute atomic E-state index is 0.0148. The number of aliphatic carboxylic acids is 1. The molecule has 1 saturated carbocycles. The second-order valence-corrected chi connectivity index (χ2v) is 7.45. The summed E-state index contributed by atoms with van der Waals surface area (Å²) >= 11 is 0. The van der Waals surface area contributed by atoms with Crippen molar-refractivity contribution in [2.24, 2.45) is 5.92 Å². The molecule has 0 spiro atoms. The smallest absolute Gasteiger partial charge is 0.320 e. The number of fused-ring (bicyclic) bond motifs is 1. The van der Waals surface area contributed by atoms with Gasteiger partial charge >= 0.3 is 5.97 Å². The molecule has 27 heavy (non-hydrogen) atoms. The van der Waals surface area contributed by atoms with Crippen LogP contribution in [0.4, 0.5) is 5.69 Å². The quantitative estimate of drug-likeness (QED) is 0.629. The number of carbonyl (C=O) groups is 1. The van der Waals surface area contributed by atoms with Crippen molar-refractivity contribution in [1.82, 2.24) is 4.90 Å². The van der Waals surface area contributed by atoms with E-state index in [1.807, 2.05) is 6.07 Å². The van der Waals surface area contributed by atoms with Crippen LogP contribution in [0.5, 0.6) is 0 Å². The number of hydrogen-bond donors (Lipinski definition) is 1. The Morgan fingerprint density at radius 3 is 2.85 bits per heavy atom. The first-order valence-corrected chi connectivity index (χ1v) is 9.35. The highest BCUT2D eigenvalue weighted by Crippen LogP contribution is 2.41. The van der Waals surface area contributed by atoms with E-state index in [1.54, 1.807) is 18.2 Å². The van der Waals surface area contributed by atoms with Gasteiger partial charge in [0.2, 0.25) is 0 Å². The van der Waals surface area contributed by atoms with E-state index in [2.05, 4.69) is 4.90 Å². The van der Waals surface area contributed by atoms with Crippen LogP contribution in [0.25, 0.3) is 11.3 Å². The summed E-state index contributed by atoms with van der Waals surface area (Å²) in [6, 6.07) is 9.78. The predicted octanol–water partition coefficient (Wildman–Crippen LogP) is 4.07. The van der Waals surface area contributed by atoms with E-state index in [-0.39, 0.29) is 5.69 Å². The molecule has 0 radical (unpaired) electrons. The van der Waals surface area contributed by atoms with Crippen LogP contribution in [-0.4, -0.2) is 33.0 Å². The van der Waals surface area contributed by atoms with Gasteiger partial charge < -0.3 is 9.52 Å². The second-order valence-electron chi connectivity index (χ2n) is 7.45. The SMILES string of the molecule is O=C(O)C1CC2CCCCC2N1Cc1ccc(-c2cccc([N+](=O)[O-])c2)o1. The third kappa shape index (κ3) is 3.47. The number of carboxylic acids is 1. The molecule has 0 bridgehead atoms. The molecule has 7 heteroatoms. The maximum atomic E-state index is 11.7. The monoisotopic (exact) mass is 370 g/mol. The van der Waals surface area contributed by atoms with Gasteiger partial charge in [0.25, 0.3) is 5.69 Å². The number of non-ortho nitro benzene ring substituents is 1. The lowest BCUT2D eigenvalue weighted by molar-refractivity contribution is -0.384. The van der Waals surface area contributed by atoms with Gasteiger partial charge in [-0.3, -0.25) is 19.8 Å². The fourth-order valence-corrected chi connectivity index (χ4v) is 4.59. The van der Waals surface area contributed by atoms with E-state index in [4.69, 9.17) is 4.42 Å². The number of hydrogen-bond acceptors (Lipinski definition) is 5. The van der Waals surface area contributed by atoms with Gasteiger partial charge in [-0.15, -0.1) is 0 Å². The molecule has 1 aliphatic heterocycles. The zero-order valence-corrected chi connectivity index (χ0v) is 14.9. The number of likely N-dealkylation sites (tertiary alicyclic amines) is 1. The summed E-state index contributed by atoms with van der Waals surface area (Å²) in [6.45, 7) is 0.451. The molecule has 3 unspecified atom stereocenters. The zero-order valence-electron chi connectivity index (χ0n) is 14.9. The Morgan fingerprint density at radius 1 is 1.26 bits per heavy atom. The number of nitro groups is 1. The van der Waals surface area contributed by atoms with E-state index in [1.165, 1.54) is 18.6 Å². The lowest BCUT2D eigenvalue weighted by atomic mass is 9.85. The highest BCUT2D eigenvalue weighted by molar-refractivity contribution is 5.74. The minimum Gasteiger partial charge on any atom is -0.480 e. The Kier molecular flexibility index (Phi) is 4.70. The highest BCUT2D eigenvalue weighted by Gasteiger charge is 2.45. The summed E-state index contributed by atoms with van der Waals surface area (Å²) in [5, 5.41) is 20.6. The normalized spacial score (nSPS) is 25.3. The molecule has 2 aromatic rings. The number of nitrogens with zero attached hydrogens (tertiary/aromatic N) is 2. The molecular weight excluding hydrogens is 348 g/mol. The van der Waals surface area contributed by atoms with Gasteiger partial charge in [0, 0.05) is 23.7 Å². The molecule has 1 saturated heterocycles. The Hall–Kier alpha value is -2.67. The molecule has 142 valence electrons. The summed E-state index contributed by atoms with van der Waals surface area (Å²) in [5.74, 6) is 0.926. The van der Waals surface area contributed by atoms with E-state index in [0.717, 1.165) is 19.3 Å². The maximum absolute atomic E-state index is 11.7. The van der Waals surface area contributed by atoms with E-state index in [0.29, 0.717) is 42.0 Å². The molecular formula is C20H22N2O5. The molecule has 1 aliphatic carbocycles. The van der Waals surface area contributed by atoms with Gasteiger partial charge in [-0.1, -0.05) is 25.0 Å². The Balaban J connectivity index is 1.55. The summed E-state index contributed by atoms with van der Waals surface area (Å²) in [7, 11) is 0. The molecule has 7 nitrogen and oxygen atoms in total. The number of rotatable bonds is 5. The summed E-state index contributed by atoms with van der Waals surface area (Å²) in [5.41, 5.74) is 0.656. The molecule has 4 rings (SSSR count). The fourth-order valence-electron chi connectivity index (χ4n) is 4.59. The number of nitro benzene ring substituents is 1. The fraction of sp³-hybridized carbons (Fsp3) is 0.450. The van der Waals surface area contributed by atoms with Gasteiger partial charge in [0.05, 0.1) is 11.5 Å². The van der Waals surface area contributed by atoms with Crippen molar-refractivity contribution in [3.63, 3.8) is 0 Å². The summed E-state index contributed by atoms with van der Waals surface area (Å²) < 4.78 is 5.92. The summed E-state index contributed by atoms with van der Waals surface area (Å²) in [6.07, 6.45) is 5.16. The predicted molar refractivity (Wildman–Crippen MR) is 98.1 cm³/mol. The van der Waals surface area contributed by atoms with Crippen molar-refractivity contribution in [2.75, 3.05) is 0 Å². The van der Waals surface area contributed by atoms with Crippen molar-refractivity contribution < 1.29 is 19.2 Å². The highest BCUT2D eigenvalue weighted by atomic mass is 16.6. The van der Waals surface area contributed by atoms with Crippen molar-refractivity contribution >= 4 is 11.7 Å². The van der Waals surface area contributed by atoms with Crippen LogP contribution in [0.3, 0.4) is 0 Å². The third-order valence-corrected chi connectivity index (χ3v) is 5.85. The minimum atomic E-state index is -0.769. The van der Waals surface area contributed by atoms with Gasteiger partial charge in [0.15, 0.2) is 0 Å². The Bertz CT molecular complexity index is 862. The molecule has 2 heterocycles. The van der Waals surface area contributed by atoms with Crippen LogP contribution in [0.2, 0.25) is 0 Å². The van der Waals surface area contributed by atoms with Crippen molar-refractivity contribution in [3.8, 4) is 11.3 Å². The number of carboxylic acid groups (broad SMARTS) is 1. The molecule has 1 aromatic carbocycles. The number of benzene rings is 1. The van der Waals surface area contributed by atoms with Gasteiger partial charge in [-0.2, -0.15) is 0 Å². The van der Waals surface area contributed by atoms with Crippen molar-refractivity contribution in [1.29, 1.82) is 0 Å². The Labute approximate surface area is 156 Å². The van der Waals surface area contributed by atoms with Crippen LogP contribution in [0, 0.1) is 16.0 Å². The average molecular weight is 370 g/mol.